The number of hydrogen-bond donors (Lipinski definition) is 0. The van der Waals surface area contributed by atoms with Crippen LogP contribution in [0.15, 0.2) is 77.4 Å². The van der Waals surface area contributed by atoms with Gasteiger partial charge in [0.05, 0.1) is 0 Å². The van der Waals surface area contributed by atoms with Gasteiger partial charge in [-0.1, -0.05) is 139 Å². The standard InChI is InChI=1S/C12H10.C9H13.C7H14N.C2H7Si.Hf/c1-3-7-11(8-4-1)12-9-5-2-6-10-12;1-6-5-7(2)9(4)8(6)3;8-7-5-3-1-2-4-6-7;1-3-2;/h1-10H;6H,1-4H3;7-8H,1-6H2;3H,1-2H3;/q;2*-1;;. The number of hydrogen-bond acceptors (Lipinski definition) is 0. The summed E-state index contributed by atoms with van der Waals surface area (Å²) in [5, 5.41) is 0. The second-order valence-electron chi connectivity index (χ2n) is 8.80. The zero-order valence-corrected chi connectivity index (χ0v) is 26.5. The summed E-state index contributed by atoms with van der Waals surface area (Å²) in [7, 11) is 0.750. The predicted molar refractivity (Wildman–Crippen MR) is 147 cm³/mol. The molecule has 0 aliphatic heterocycles. The van der Waals surface area contributed by atoms with Crippen LogP contribution in [0.5, 0.6) is 0 Å². The molecule has 0 spiro atoms. The minimum absolute atomic E-state index is 0. The molecule has 33 heavy (non-hydrogen) atoms. The summed E-state index contributed by atoms with van der Waals surface area (Å²) in [6.07, 6.45) is 11.0. The molecule has 1 N–H and O–H groups in total. The maximum atomic E-state index is 7.41. The minimum Gasteiger partial charge on any atom is -0.675 e. The summed E-state index contributed by atoms with van der Waals surface area (Å²) in [5.41, 5.74) is 14.2. The smallest absolute Gasteiger partial charge is 0.0213 e. The third kappa shape index (κ3) is 13.4. The summed E-state index contributed by atoms with van der Waals surface area (Å²) < 4.78 is 0. The van der Waals surface area contributed by atoms with Crippen molar-refractivity contribution in [2.45, 2.75) is 85.4 Å². The van der Waals surface area contributed by atoms with Gasteiger partial charge in [-0.15, -0.1) is 13.0 Å². The summed E-state index contributed by atoms with van der Waals surface area (Å²) in [6, 6.07) is 21.1. The molecule has 179 valence electrons. The fourth-order valence-electron chi connectivity index (χ4n) is 3.70. The average Bonchev–Trinajstić information content (AvgIpc) is 2.99. The third-order valence-corrected chi connectivity index (χ3v) is 5.97. The van der Waals surface area contributed by atoms with E-state index < -0.39 is 0 Å². The molecular formula is C30H44HfNSi-2. The number of benzene rings is 2. The van der Waals surface area contributed by atoms with Gasteiger partial charge in [0.25, 0.3) is 0 Å². The molecule has 2 aromatic rings. The van der Waals surface area contributed by atoms with Crippen LogP contribution in [0.1, 0.15) is 66.2 Å². The Kier molecular flexibility index (Phi) is 18.7. The maximum Gasteiger partial charge on any atom is 0.0213 e. The molecule has 2 aromatic carbocycles. The van der Waals surface area contributed by atoms with E-state index in [1.807, 2.05) is 12.1 Å². The van der Waals surface area contributed by atoms with Crippen molar-refractivity contribution in [3.05, 3.63) is 89.2 Å². The summed E-state index contributed by atoms with van der Waals surface area (Å²) in [4.78, 5) is 0. The fraction of sp³-hybridized carbons (Fsp3) is 0.467. The number of nitrogens with one attached hydrogen (secondary N) is 1. The van der Waals surface area contributed by atoms with Gasteiger partial charge in [0.15, 0.2) is 0 Å². The zero-order chi connectivity index (χ0) is 23.8. The van der Waals surface area contributed by atoms with Crippen LogP contribution in [0.2, 0.25) is 13.1 Å². The molecule has 0 heterocycles. The molecule has 1 saturated carbocycles. The van der Waals surface area contributed by atoms with Gasteiger partial charge in [-0.05, 0) is 11.1 Å². The largest absolute Gasteiger partial charge is 0.675 e. The molecule has 1 radical (unpaired) electrons. The topological polar surface area (TPSA) is 23.8 Å². The normalized spacial score (nSPS) is 17.5. The van der Waals surface area contributed by atoms with Crippen molar-refractivity contribution in [3.8, 4) is 11.1 Å². The molecule has 1 unspecified atom stereocenters. The van der Waals surface area contributed by atoms with Crippen molar-refractivity contribution in [2.24, 2.45) is 5.92 Å². The van der Waals surface area contributed by atoms with E-state index in [1.165, 1.54) is 53.5 Å². The van der Waals surface area contributed by atoms with E-state index in [4.69, 9.17) is 5.73 Å². The maximum absolute atomic E-state index is 7.41. The molecule has 2 aliphatic rings. The van der Waals surface area contributed by atoms with E-state index in [0.717, 1.165) is 22.4 Å². The molecule has 1 fully saturated rings. The van der Waals surface area contributed by atoms with Crippen LogP contribution in [0.25, 0.3) is 16.9 Å². The minimum atomic E-state index is 0. The van der Waals surface area contributed by atoms with E-state index in [0.29, 0.717) is 5.92 Å². The van der Waals surface area contributed by atoms with Gasteiger partial charge in [0.1, 0.15) is 0 Å². The molecule has 1 atom stereocenters. The number of rotatable bonds is 1. The first-order valence-corrected chi connectivity index (χ1v) is 14.5. The molecule has 0 aromatic heterocycles. The predicted octanol–water partition coefficient (Wildman–Crippen LogP) is 9.35. The molecular weight excluding hydrogens is 581 g/mol. The Morgan fingerprint density at radius 3 is 1.42 bits per heavy atom. The fourth-order valence-corrected chi connectivity index (χ4v) is 3.70. The quantitative estimate of drug-likeness (QED) is 0.171. The van der Waals surface area contributed by atoms with Gasteiger partial charge < -0.3 is 5.73 Å². The Morgan fingerprint density at radius 1 is 0.758 bits per heavy atom. The van der Waals surface area contributed by atoms with E-state index in [9.17, 15) is 0 Å². The SMILES string of the molecule is CC1=[C-]C(C)C(C)=C1C.C[SiH]C.[Hf].[NH-]C1CCCCCC1.c1ccc(-c2ccccc2)cc1. The summed E-state index contributed by atoms with van der Waals surface area (Å²) in [6.45, 7) is 13.1. The molecule has 0 saturated heterocycles. The molecule has 0 amide bonds. The second kappa shape index (κ2) is 19.3. The zero-order valence-electron chi connectivity index (χ0n) is 21.7. The third-order valence-electron chi connectivity index (χ3n) is 5.97. The van der Waals surface area contributed by atoms with E-state index in [1.54, 1.807) is 0 Å². The van der Waals surface area contributed by atoms with E-state index in [-0.39, 0.29) is 31.9 Å². The van der Waals surface area contributed by atoms with Crippen LogP contribution in [0.4, 0.5) is 0 Å². The van der Waals surface area contributed by atoms with E-state index in [2.05, 4.69) is 95.4 Å². The second-order valence-corrected chi connectivity index (χ2v) is 9.95. The van der Waals surface area contributed by atoms with Gasteiger partial charge in [0, 0.05) is 35.4 Å². The monoisotopic (exact) mass is 626 g/mol. The number of allylic oxidation sites excluding steroid dienone is 4. The summed E-state index contributed by atoms with van der Waals surface area (Å²) >= 11 is 0. The Morgan fingerprint density at radius 2 is 1.15 bits per heavy atom. The molecule has 0 bridgehead atoms. The molecule has 4 rings (SSSR count). The Labute approximate surface area is 226 Å². The van der Waals surface area contributed by atoms with Crippen molar-refractivity contribution in [1.82, 2.24) is 0 Å². The van der Waals surface area contributed by atoms with Crippen molar-refractivity contribution < 1.29 is 25.8 Å². The van der Waals surface area contributed by atoms with Gasteiger partial charge >= 0.3 is 0 Å². The van der Waals surface area contributed by atoms with Crippen LogP contribution < -0.4 is 0 Å². The Hall–Kier alpha value is -1.03. The first kappa shape index (κ1) is 32.0. The molecule has 1 nitrogen and oxygen atoms in total. The van der Waals surface area contributed by atoms with E-state index >= 15 is 0 Å². The van der Waals surface area contributed by atoms with Crippen LogP contribution in [-0.2, 0) is 25.8 Å². The van der Waals surface area contributed by atoms with Crippen molar-refractivity contribution in [3.63, 3.8) is 0 Å². The summed E-state index contributed by atoms with van der Waals surface area (Å²) in [5.74, 6) is 0.560. The Bertz CT molecular complexity index is 753. The van der Waals surface area contributed by atoms with Crippen LogP contribution in [0.3, 0.4) is 0 Å². The first-order valence-electron chi connectivity index (χ1n) is 12.2. The van der Waals surface area contributed by atoms with Gasteiger partial charge in [0.2, 0.25) is 0 Å². The van der Waals surface area contributed by atoms with Crippen LogP contribution >= 0.6 is 0 Å². The van der Waals surface area contributed by atoms with Gasteiger partial charge in [-0.3, -0.25) is 6.08 Å². The molecule has 3 heteroatoms. The van der Waals surface area contributed by atoms with Crippen LogP contribution in [0, 0.1) is 12.0 Å². The van der Waals surface area contributed by atoms with Gasteiger partial charge in [-0.2, -0.15) is 11.1 Å². The van der Waals surface area contributed by atoms with Crippen molar-refractivity contribution >= 4 is 9.52 Å². The van der Waals surface area contributed by atoms with Crippen molar-refractivity contribution in [1.29, 1.82) is 0 Å². The van der Waals surface area contributed by atoms with Gasteiger partial charge in [-0.25, -0.2) is 5.57 Å². The molecule has 2 aliphatic carbocycles. The van der Waals surface area contributed by atoms with Crippen molar-refractivity contribution in [2.75, 3.05) is 0 Å². The Balaban J connectivity index is 0.000000442. The van der Waals surface area contributed by atoms with Crippen LogP contribution in [-0.4, -0.2) is 15.6 Å². The average molecular weight is 625 g/mol. The first-order chi connectivity index (χ1) is 15.4.